The smallest absolute Gasteiger partial charge is 0.253 e. The van der Waals surface area contributed by atoms with Crippen LogP contribution in [0.1, 0.15) is 24.2 Å². The number of nitrogens with zero attached hydrogens (tertiary/aromatic N) is 1. The van der Waals surface area contributed by atoms with Gasteiger partial charge in [0.25, 0.3) is 5.91 Å². The Morgan fingerprint density at radius 2 is 2.00 bits per heavy atom. The van der Waals surface area contributed by atoms with E-state index in [9.17, 15) is 9.90 Å². The third-order valence-corrected chi connectivity index (χ3v) is 2.56. The zero-order valence-electron chi connectivity index (χ0n) is 8.83. The number of hydrogen-bond donors (Lipinski definition) is 1. The predicted octanol–water partition coefficient (Wildman–Crippen LogP) is 2.53. The number of benzene rings is 1. The van der Waals surface area contributed by atoms with Crippen LogP contribution in [0.3, 0.4) is 0 Å². The first-order chi connectivity index (χ1) is 7.10. The lowest BCUT2D eigenvalue weighted by atomic mass is 10.2. The van der Waals surface area contributed by atoms with Gasteiger partial charge in [0.05, 0.1) is 5.02 Å². The van der Waals surface area contributed by atoms with Gasteiger partial charge < -0.3 is 10.0 Å². The molecule has 0 bridgehead atoms. The summed E-state index contributed by atoms with van der Waals surface area (Å²) in [5.74, 6) is -0.151. The van der Waals surface area contributed by atoms with E-state index in [1.165, 1.54) is 12.1 Å². The standard InChI is InChI=1S/C11H14ClNO2/c1-3-13(4-2)11(15)8-5-6-9(12)10(14)7-8/h5-7,14H,3-4H2,1-2H3. The number of amides is 1. The van der Waals surface area contributed by atoms with Gasteiger partial charge in [-0.1, -0.05) is 11.6 Å². The molecule has 0 atom stereocenters. The highest BCUT2D eigenvalue weighted by Gasteiger charge is 2.13. The Kier molecular flexibility index (Phi) is 3.97. The summed E-state index contributed by atoms with van der Waals surface area (Å²) in [6.07, 6.45) is 0. The SMILES string of the molecule is CCN(CC)C(=O)c1ccc(Cl)c(O)c1. The molecule has 1 aromatic carbocycles. The Balaban J connectivity index is 2.96. The fourth-order valence-corrected chi connectivity index (χ4v) is 1.46. The van der Waals surface area contributed by atoms with Crippen molar-refractivity contribution in [2.24, 2.45) is 0 Å². The zero-order chi connectivity index (χ0) is 11.4. The van der Waals surface area contributed by atoms with Crippen molar-refractivity contribution in [3.05, 3.63) is 28.8 Å². The molecule has 82 valence electrons. The molecule has 0 unspecified atom stereocenters. The van der Waals surface area contributed by atoms with Crippen molar-refractivity contribution in [2.75, 3.05) is 13.1 Å². The van der Waals surface area contributed by atoms with E-state index >= 15 is 0 Å². The third kappa shape index (κ3) is 2.63. The highest BCUT2D eigenvalue weighted by Crippen LogP contribution is 2.24. The van der Waals surface area contributed by atoms with Gasteiger partial charge >= 0.3 is 0 Å². The van der Waals surface area contributed by atoms with Crippen LogP contribution in [0.2, 0.25) is 5.02 Å². The summed E-state index contributed by atoms with van der Waals surface area (Å²) in [5, 5.41) is 9.63. The summed E-state index contributed by atoms with van der Waals surface area (Å²) in [6.45, 7) is 5.13. The molecule has 0 aromatic heterocycles. The molecule has 0 aliphatic rings. The molecular formula is C11H14ClNO2. The van der Waals surface area contributed by atoms with Crippen molar-refractivity contribution >= 4 is 17.5 Å². The van der Waals surface area contributed by atoms with Crippen LogP contribution in [0, 0.1) is 0 Å². The van der Waals surface area contributed by atoms with Crippen molar-refractivity contribution < 1.29 is 9.90 Å². The van der Waals surface area contributed by atoms with E-state index in [1.807, 2.05) is 13.8 Å². The number of hydrogen-bond acceptors (Lipinski definition) is 2. The summed E-state index contributed by atoms with van der Waals surface area (Å²) in [6, 6.07) is 4.53. The fourth-order valence-electron chi connectivity index (χ4n) is 1.34. The van der Waals surface area contributed by atoms with Crippen LogP contribution in [-0.2, 0) is 0 Å². The molecule has 1 N–H and O–H groups in total. The second-order valence-electron chi connectivity index (χ2n) is 3.14. The van der Waals surface area contributed by atoms with Crippen LogP contribution < -0.4 is 0 Å². The largest absolute Gasteiger partial charge is 0.506 e. The lowest BCUT2D eigenvalue weighted by Crippen LogP contribution is -2.30. The Morgan fingerprint density at radius 1 is 1.40 bits per heavy atom. The van der Waals surface area contributed by atoms with Gasteiger partial charge in [0.15, 0.2) is 0 Å². The van der Waals surface area contributed by atoms with Crippen LogP contribution in [0.25, 0.3) is 0 Å². The van der Waals surface area contributed by atoms with Gasteiger partial charge in [0, 0.05) is 18.7 Å². The third-order valence-electron chi connectivity index (χ3n) is 2.24. The number of rotatable bonds is 3. The maximum Gasteiger partial charge on any atom is 0.253 e. The lowest BCUT2D eigenvalue weighted by molar-refractivity contribution is 0.0772. The highest BCUT2D eigenvalue weighted by molar-refractivity contribution is 6.32. The highest BCUT2D eigenvalue weighted by atomic mass is 35.5. The molecule has 0 fully saturated rings. The van der Waals surface area contributed by atoms with Gasteiger partial charge in [-0.2, -0.15) is 0 Å². The number of phenols is 1. The first-order valence-corrected chi connectivity index (χ1v) is 5.25. The summed E-state index contributed by atoms with van der Waals surface area (Å²) < 4.78 is 0. The van der Waals surface area contributed by atoms with E-state index in [1.54, 1.807) is 11.0 Å². The topological polar surface area (TPSA) is 40.5 Å². The van der Waals surface area contributed by atoms with Crippen LogP contribution in [0.4, 0.5) is 0 Å². The summed E-state index contributed by atoms with van der Waals surface area (Å²) in [5.41, 5.74) is 0.459. The second kappa shape index (κ2) is 5.03. The van der Waals surface area contributed by atoms with Gasteiger partial charge in [0.1, 0.15) is 5.75 Å². The minimum Gasteiger partial charge on any atom is -0.506 e. The molecule has 0 radical (unpaired) electrons. The summed E-state index contributed by atoms with van der Waals surface area (Å²) >= 11 is 5.66. The van der Waals surface area contributed by atoms with Gasteiger partial charge in [-0.15, -0.1) is 0 Å². The Bertz CT molecular complexity index is 362. The molecule has 0 heterocycles. The van der Waals surface area contributed by atoms with Crippen LogP contribution in [-0.4, -0.2) is 29.0 Å². The molecule has 1 aromatic rings. The predicted molar refractivity (Wildman–Crippen MR) is 60.4 cm³/mol. The lowest BCUT2D eigenvalue weighted by Gasteiger charge is -2.18. The van der Waals surface area contributed by atoms with E-state index in [4.69, 9.17) is 11.6 Å². The fraction of sp³-hybridized carbons (Fsp3) is 0.364. The van der Waals surface area contributed by atoms with Crippen molar-refractivity contribution in [1.29, 1.82) is 0 Å². The van der Waals surface area contributed by atoms with Gasteiger partial charge in [0.2, 0.25) is 0 Å². The number of carbonyl (C=O) groups is 1. The number of halogens is 1. The number of aromatic hydroxyl groups is 1. The van der Waals surface area contributed by atoms with E-state index in [-0.39, 0.29) is 16.7 Å². The van der Waals surface area contributed by atoms with E-state index in [2.05, 4.69) is 0 Å². The molecule has 0 aliphatic heterocycles. The van der Waals surface area contributed by atoms with Crippen molar-refractivity contribution in [2.45, 2.75) is 13.8 Å². The summed E-state index contributed by atoms with van der Waals surface area (Å²) in [7, 11) is 0. The van der Waals surface area contributed by atoms with Gasteiger partial charge in [-0.05, 0) is 32.0 Å². The monoisotopic (exact) mass is 227 g/mol. The minimum absolute atomic E-state index is 0.0605. The molecule has 0 saturated carbocycles. The molecule has 0 saturated heterocycles. The van der Waals surface area contributed by atoms with Crippen molar-refractivity contribution in [1.82, 2.24) is 4.90 Å². The molecule has 15 heavy (non-hydrogen) atoms. The van der Waals surface area contributed by atoms with E-state index in [0.29, 0.717) is 18.7 Å². The van der Waals surface area contributed by atoms with Crippen LogP contribution in [0.15, 0.2) is 18.2 Å². The van der Waals surface area contributed by atoms with Crippen LogP contribution >= 0.6 is 11.6 Å². The molecular weight excluding hydrogens is 214 g/mol. The quantitative estimate of drug-likeness (QED) is 0.862. The Hall–Kier alpha value is -1.22. The van der Waals surface area contributed by atoms with Crippen molar-refractivity contribution in [3.8, 4) is 5.75 Å². The first kappa shape index (κ1) is 11.9. The Labute approximate surface area is 94.3 Å². The molecule has 1 amide bonds. The molecule has 4 heteroatoms. The normalized spacial score (nSPS) is 10.1. The molecule has 3 nitrogen and oxygen atoms in total. The first-order valence-electron chi connectivity index (χ1n) is 4.88. The molecule has 1 rings (SSSR count). The van der Waals surface area contributed by atoms with Crippen LogP contribution in [0.5, 0.6) is 5.75 Å². The molecule has 0 aliphatic carbocycles. The Morgan fingerprint density at radius 3 is 2.47 bits per heavy atom. The maximum absolute atomic E-state index is 11.8. The van der Waals surface area contributed by atoms with E-state index in [0.717, 1.165) is 0 Å². The number of carbonyl (C=O) groups excluding carboxylic acids is 1. The maximum atomic E-state index is 11.8. The second-order valence-corrected chi connectivity index (χ2v) is 3.55. The summed E-state index contributed by atoms with van der Waals surface area (Å²) in [4.78, 5) is 13.5. The zero-order valence-corrected chi connectivity index (χ0v) is 9.58. The average Bonchev–Trinajstić information content (AvgIpc) is 2.23. The average molecular weight is 228 g/mol. The minimum atomic E-state index is -0.0908. The van der Waals surface area contributed by atoms with Gasteiger partial charge in [-0.25, -0.2) is 0 Å². The van der Waals surface area contributed by atoms with E-state index < -0.39 is 0 Å². The number of phenolic OH excluding ortho intramolecular Hbond substituents is 1. The van der Waals surface area contributed by atoms with Gasteiger partial charge in [-0.3, -0.25) is 4.79 Å². The molecule has 0 spiro atoms. The van der Waals surface area contributed by atoms with Crippen molar-refractivity contribution in [3.63, 3.8) is 0 Å².